The molecule has 5 heteroatoms. The Morgan fingerprint density at radius 2 is 1.81 bits per heavy atom. The number of carbonyl (C=O) groups is 1. The Hall–Kier alpha value is -1.65. The average molecular weight is 288 g/mol. The lowest BCUT2D eigenvalue weighted by Crippen LogP contribution is -2.45. The van der Waals surface area contributed by atoms with Crippen LogP contribution in [0.4, 0.5) is 11.8 Å². The van der Waals surface area contributed by atoms with Crippen molar-refractivity contribution in [3.63, 3.8) is 0 Å². The zero-order valence-corrected chi connectivity index (χ0v) is 13.1. The van der Waals surface area contributed by atoms with Gasteiger partial charge < -0.3 is 10.2 Å². The van der Waals surface area contributed by atoms with Crippen LogP contribution in [0.25, 0.3) is 0 Å². The molecule has 1 aliphatic carbocycles. The second-order valence-corrected chi connectivity index (χ2v) is 6.26. The van der Waals surface area contributed by atoms with Gasteiger partial charge in [-0.25, -0.2) is 4.98 Å². The number of carbonyl (C=O) groups excluding carboxylic acids is 1. The van der Waals surface area contributed by atoms with Crippen molar-refractivity contribution < 1.29 is 4.79 Å². The van der Waals surface area contributed by atoms with Crippen LogP contribution in [0.1, 0.15) is 62.0 Å². The number of aryl methyl sites for hydroxylation is 1. The molecule has 1 aromatic heterocycles. The monoisotopic (exact) mass is 288 g/mol. The molecule has 3 rings (SSSR count). The van der Waals surface area contributed by atoms with Crippen molar-refractivity contribution in [2.45, 2.75) is 64.5 Å². The predicted octanol–water partition coefficient (Wildman–Crippen LogP) is 2.80. The zero-order valence-electron chi connectivity index (χ0n) is 13.1. The fourth-order valence-corrected chi connectivity index (χ4v) is 3.62. The van der Waals surface area contributed by atoms with E-state index in [1.165, 1.54) is 19.3 Å². The first-order valence-electron chi connectivity index (χ1n) is 8.02. The smallest absolute Gasteiger partial charge is 0.228 e. The number of aromatic nitrogens is 2. The Kier molecular flexibility index (Phi) is 3.83. The van der Waals surface area contributed by atoms with Gasteiger partial charge in [0.15, 0.2) is 5.78 Å². The van der Waals surface area contributed by atoms with E-state index in [-0.39, 0.29) is 5.78 Å². The fraction of sp³-hybridized carbons (Fsp3) is 0.688. The third-order valence-corrected chi connectivity index (χ3v) is 4.73. The summed E-state index contributed by atoms with van der Waals surface area (Å²) in [6.07, 6.45) is 6.01. The molecule has 0 bridgehead atoms. The molecule has 2 unspecified atom stereocenters. The highest BCUT2D eigenvalue weighted by Crippen LogP contribution is 2.31. The molecule has 5 nitrogen and oxygen atoms in total. The van der Waals surface area contributed by atoms with Gasteiger partial charge in [0.25, 0.3) is 0 Å². The van der Waals surface area contributed by atoms with E-state index < -0.39 is 0 Å². The first-order valence-corrected chi connectivity index (χ1v) is 8.02. The highest BCUT2D eigenvalue weighted by atomic mass is 16.1. The number of hydrogen-bond acceptors (Lipinski definition) is 5. The van der Waals surface area contributed by atoms with E-state index in [9.17, 15) is 4.79 Å². The van der Waals surface area contributed by atoms with E-state index in [1.807, 2.05) is 7.05 Å². The van der Waals surface area contributed by atoms with Crippen molar-refractivity contribution in [3.8, 4) is 0 Å². The Labute approximate surface area is 126 Å². The summed E-state index contributed by atoms with van der Waals surface area (Å²) in [6.45, 7) is 4.48. The topological polar surface area (TPSA) is 58.1 Å². The summed E-state index contributed by atoms with van der Waals surface area (Å²) in [6, 6.07) is 0.909. The second kappa shape index (κ2) is 5.62. The number of nitrogens with one attached hydrogen (secondary N) is 1. The first-order chi connectivity index (χ1) is 10.1. The lowest BCUT2D eigenvalue weighted by molar-refractivity contribution is 0.0972. The van der Waals surface area contributed by atoms with Gasteiger partial charge in [-0.05, 0) is 46.0 Å². The number of nitrogens with zero attached hydrogens (tertiary/aromatic N) is 3. The summed E-state index contributed by atoms with van der Waals surface area (Å²) in [5, 5.41) is 3.10. The minimum absolute atomic E-state index is 0.173. The van der Waals surface area contributed by atoms with Crippen LogP contribution in [0.2, 0.25) is 0 Å². The summed E-state index contributed by atoms with van der Waals surface area (Å²) in [4.78, 5) is 23.9. The van der Waals surface area contributed by atoms with E-state index >= 15 is 0 Å². The molecule has 0 amide bonds. The van der Waals surface area contributed by atoms with Crippen LogP contribution in [0.3, 0.4) is 0 Å². The Morgan fingerprint density at radius 3 is 2.48 bits per heavy atom. The van der Waals surface area contributed by atoms with Crippen molar-refractivity contribution in [1.29, 1.82) is 0 Å². The molecule has 0 saturated carbocycles. The van der Waals surface area contributed by atoms with Crippen molar-refractivity contribution in [3.05, 3.63) is 11.3 Å². The SMILES string of the molecule is CNc1nc(N2C(C)CCCC2C)nc2c1C(=O)CCC2. The minimum Gasteiger partial charge on any atom is -0.372 e. The molecular formula is C16H24N4O. The van der Waals surface area contributed by atoms with Gasteiger partial charge in [0.1, 0.15) is 5.82 Å². The second-order valence-electron chi connectivity index (χ2n) is 6.26. The van der Waals surface area contributed by atoms with E-state index in [1.54, 1.807) is 0 Å². The van der Waals surface area contributed by atoms with Crippen molar-refractivity contribution in [1.82, 2.24) is 9.97 Å². The highest BCUT2D eigenvalue weighted by molar-refractivity contribution is 6.02. The number of Topliss-reactive ketones (excluding diaryl/α,β-unsaturated/α-hetero) is 1. The molecular weight excluding hydrogens is 264 g/mol. The molecule has 1 N–H and O–H groups in total. The highest BCUT2D eigenvalue weighted by Gasteiger charge is 2.30. The van der Waals surface area contributed by atoms with Crippen molar-refractivity contribution in [2.24, 2.45) is 0 Å². The summed E-state index contributed by atoms with van der Waals surface area (Å²) in [5.41, 5.74) is 1.63. The predicted molar refractivity (Wildman–Crippen MR) is 84.1 cm³/mol. The number of fused-ring (bicyclic) bond motifs is 1. The lowest BCUT2D eigenvalue weighted by atomic mass is 9.94. The molecule has 2 heterocycles. The number of piperidine rings is 1. The zero-order chi connectivity index (χ0) is 15.0. The standard InChI is InChI=1S/C16H24N4O/c1-10-6-4-7-11(2)20(10)16-18-12-8-5-9-13(21)14(12)15(17-3)19-16/h10-11H,4-9H2,1-3H3,(H,17,18,19). The minimum atomic E-state index is 0.173. The van der Waals surface area contributed by atoms with Gasteiger partial charge in [-0.15, -0.1) is 0 Å². The number of ketones is 1. The molecule has 0 aromatic carbocycles. The van der Waals surface area contributed by atoms with Crippen LogP contribution in [0.15, 0.2) is 0 Å². The first kappa shape index (κ1) is 14.3. The third kappa shape index (κ3) is 2.49. The van der Waals surface area contributed by atoms with Gasteiger partial charge in [0.2, 0.25) is 5.95 Å². The van der Waals surface area contributed by atoms with Crippen LogP contribution in [0.5, 0.6) is 0 Å². The third-order valence-electron chi connectivity index (χ3n) is 4.73. The maximum atomic E-state index is 12.1. The van der Waals surface area contributed by atoms with E-state index in [2.05, 4.69) is 29.0 Å². The van der Waals surface area contributed by atoms with Crippen molar-refractivity contribution >= 4 is 17.5 Å². The van der Waals surface area contributed by atoms with Crippen LogP contribution in [-0.4, -0.2) is 34.9 Å². The Bertz CT molecular complexity index is 530. The molecule has 0 spiro atoms. The summed E-state index contributed by atoms with van der Waals surface area (Å²) in [5.74, 6) is 1.66. The number of rotatable bonds is 2. The number of hydrogen-bond donors (Lipinski definition) is 1. The summed E-state index contributed by atoms with van der Waals surface area (Å²) < 4.78 is 0. The van der Waals surface area contributed by atoms with Gasteiger partial charge in [-0.3, -0.25) is 4.79 Å². The summed E-state index contributed by atoms with van der Waals surface area (Å²) in [7, 11) is 1.83. The fourth-order valence-electron chi connectivity index (χ4n) is 3.62. The molecule has 1 saturated heterocycles. The maximum Gasteiger partial charge on any atom is 0.228 e. The molecule has 21 heavy (non-hydrogen) atoms. The van der Waals surface area contributed by atoms with Gasteiger partial charge in [-0.1, -0.05) is 0 Å². The normalized spacial score (nSPS) is 25.7. The lowest BCUT2D eigenvalue weighted by Gasteiger charge is -2.39. The van der Waals surface area contributed by atoms with Gasteiger partial charge in [0, 0.05) is 25.6 Å². The van der Waals surface area contributed by atoms with E-state index in [0.29, 0.717) is 29.9 Å². The van der Waals surface area contributed by atoms with Crippen molar-refractivity contribution in [2.75, 3.05) is 17.3 Å². The number of anilines is 2. The van der Waals surface area contributed by atoms with Crippen LogP contribution < -0.4 is 10.2 Å². The molecule has 0 radical (unpaired) electrons. The quantitative estimate of drug-likeness (QED) is 0.907. The maximum absolute atomic E-state index is 12.1. The molecule has 1 fully saturated rings. The van der Waals surface area contributed by atoms with Gasteiger partial charge >= 0.3 is 0 Å². The van der Waals surface area contributed by atoms with Crippen LogP contribution in [0, 0.1) is 0 Å². The Balaban J connectivity index is 2.05. The molecule has 2 aliphatic rings. The van der Waals surface area contributed by atoms with Crippen LogP contribution >= 0.6 is 0 Å². The van der Waals surface area contributed by atoms with E-state index in [0.717, 1.165) is 24.5 Å². The molecule has 114 valence electrons. The Morgan fingerprint density at radius 1 is 1.10 bits per heavy atom. The van der Waals surface area contributed by atoms with Gasteiger partial charge in [-0.2, -0.15) is 4.98 Å². The largest absolute Gasteiger partial charge is 0.372 e. The van der Waals surface area contributed by atoms with Crippen LogP contribution in [-0.2, 0) is 6.42 Å². The van der Waals surface area contributed by atoms with Gasteiger partial charge in [0.05, 0.1) is 11.3 Å². The molecule has 1 aliphatic heterocycles. The average Bonchev–Trinajstić information content (AvgIpc) is 2.46. The molecule has 1 aromatic rings. The van der Waals surface area contributed by atoms with E-state index in [4.69, 9.17) is 4.98 Å². The summed E-state index contributed by atoms with van der Waals surface area (Å²) >= 11 is 0. The molecule has 2 atom stereocenters.